The Morgan fingerprint density at radius 2 is 1.21 bits per heavy atom. The highest BCUT2D eigenvalue weighted by Crippen LogP contribution is 2.41. The van der Waals surface area contributed by atoms with Crippen molar-refractivity contribution in [1.82, 2.24) is 0 Å². The topological polar surface area (TPSA) is 130 Å². The van der Waals surface area contributed by atoms with Gasteiger partial charge in [0.2, 0.25) is 0 Å². The second kappa shape index (κ2) is 11.3. The van der Waals surface area contributed by atoms with E-state index in [1.54, 1.807) is 6.92 Å². The minimum absolute atomic E-state index is 0.200. The van der Waals surface area contributed by atoms with Crippen molar-refractivity contribution < 1.29 is 39.2 Å². The molecule has 8 nitrogen and oxygen atoms in total. The van der Waals surface area contributed by atoms with Crippen molar-refractivity contribution in [2.24, 2.45) is 0 Å². The maximum absolute atomic E-state index is 11.6. The lowest BCUT2D eigenvalue weighted by molar-refractivity contribution is -0.136. The van der Waals surface area contributed by atoms with E-state index in [1.165, 1.54) is 0 Å². The Morgan fingerprint density at radius 3 is 1.46 bits per heavy atom. The number of carboxylic acid groups (broad SMARTS) is 1. The first-order valence-electron chi connectivity index (χ1n) is 7.40. The first kappa shape index (κ1) is 21.7. The highest BCUT2D eigenvalue weighted by atomic mass is 32.1. The molecule has 0 saturated carbocycles. The number of ether oxygens (including phenoxy) is 2. The molecular weight excluding hydrogens is 340 g/mol. The standard InChI is InChI=1S/C12H16O6S.C3H6O2/c1-3-5-17-11(15)9-7(13)8(14)10(19-9)12(16)18-6-4-2;1-2-3(4)5/h13-14H,3-6H2,1-2H3;2H2,1H3,(H,4,5). The predicted octanol–water partition coefficient (Wildman–Crippen LogP) is 2.77. The number of thiophene rings is 1. The van der Waals surface area contributed by atoms with E-state index >= 15 is 0 Å². The van der Waals surface area contributed by atoms with E-state index in [4.69, 9.17) is 14.6 Å². The fourth-order valence-corrected chi connectivity index (χ4v) is 2.09. The van der Waals surface area contributed by atoms with E-state index in [0.717, 1.165) is 0 Å². The van der Waals surface area contributed by atoms with Crippen molar-refractivity contribution in [2.75, 3.05) is 13.2 Å². The van der Waals surface area contributed by atoms with Gasteiger partial charge in [0.05, 0.1) is 13.2 Å². The molecule has 1 aromatic rings. The van der Waals surface area contributed by atoms with Crippen LogP contribution in [0.3, 0.4) is 0 Å². The molecule has 0 aliphatic carbocycles. The van der Waals surface area contributed by atoms with Crippen LogP contribution in [0.4, 0.5) is 0 Å². The summed E-state index contributed by atoms with van der Waals surface area (Å²) in [6.07, 6.45) is 1.49. The molecule has 1 heterocycles. The molecule has 1 aromatic heterocycles. The lowest BCUT2D eigenvalue weighted by Gasteiger charge is -2.00. The van der Waals surface area contributed by atoms with Crippen molar-refractivity contribution in [3.63, 3.8) is 0 Å². The molecule has 0 atom stereocenters. The molecule has 0 aliphatic rings. The number of aromatic hydroxyl groups is 2. The lowest BCUT2D eigenvalue weighted by Crippen LogP contribution is -2.04. The van der Waals surface area contributed by atoms with Crippen LogP contribution in [0.25, 0.3) is 0 Å². The van der Waals surface area contributed by atoms with Gasteiger partial charge >= 0.3 is 17.9 Å². The third kappa shape index (κ3) is 6.86. The van der Waals surface area contributed by atoms with Gasteiger partial charge in [-0.2, -0.15) is 0 Å². The Hall–Kier alpha value is -2.29. The third-order valence-corrected chi connectivity index (χ3v) is 3.53. The minimum Gasteiger partial charge on any atom is -0.503 e. The van der Waals surface area contributed by atoms with E-state index in [2.05, 4.69) is 0 Å². The monoisotopic (exact) mass is 362 g/mol. The largest absolute Gasteiger partial charge is 0.503 e. The molecule has 0 fully saturated rings. The van der Waals surface area contributed by atoms with Crippen LogP contribution in [-0.2, 0) is 14.3 Å². The summed E-state index contributed by atoms with van der Waals surface area (Å²) in [6.45, 7) is 5.65. The molecule has 0 spiro atoms. The fourth-order valence-electron chi connectivity index (χ4n) is 1.21. The number of rotatable bonds is 7. The van der Waals surface area contributed by atoms with Gasteiger partial charge in [-0.05, 0) is 12.8 Å². The Labute approximate surface area is 143 Å². The maximum Gasteiger partial charge on any atom is 0.352 e. The van der Waals surface area contributed by atoms with Crippen LogP contribution in [0.2, 0.25) is 0 Å². The molecule has 24 heavy (non-hydrogen) atoms. The van der Waals surface area contributed by atoms with Gasteiger partial charge in [0, 0.05) is 6.42 Å². The van der Waals surface area contributed by atoms with E-state index in [-0.39, 0.29) is 29.4 Å². The molecule has 1 rings (SSSR count). The zero-order chi connectivity index (χ0) is 18.7. The van der Waals surface area contributed by atoms with Crippen molar-refractivity contribution in [3.05, 3.63) is 9.75 Å². The van der Waals surface area contributed by atoms with Crippen LogP contribution in [0.5, 0.6) is 11.5 Å². The average Bonchev–Trinajstić information content (AvgIpc) is 2.86. The first-order valence-corrected chi connectivity index (χ1v) is 8.22. The van der Waals surface area contributed by atoms with E-state index < -0.39 is 29.4 Å². The average molecular weight is 362 g/mol. The molecule has 0 unspecified atom stereocenters. The van der Waals surface area contributed by atoms with Crippen LogP contribution >= 0.6 is 11.3 Å². The van der Waals surface area contributed by atoms with E-state index in [0.29, 0.717) is 24.2 Å². The predicted molar refractivity (Wildman–Crippen MR) is 86.7 cm³/mol. The zero-order valence-electron chi connectivity index (χ0n) is 13.8. The summed E-state index contributed by atoms with van der Waals surface area (Å²) in [5.41, 5.74) is 0. The molecule has 9 heteroatoms. The van der Waals surface area contributed by atoms with Crippen molar-refractivity contribution in [1.29, 1.82) is 0 Å². The van der Waals surface area contributed by atoms with Crippen LogP contribution in [-0.4, -0.2) is 46.4 Å². The zero-order valence-corrected chi connectivity index (χ0v) is 14.6. The quantitative estimate of drug-likeness (QED) is 0.631. The first-order chi connectivity index (χ1) is 11.3. The second-order valence-electron chi connectivity index (χ2n) is 4.48. The van der Waals surface area contributed by atoms with Crippen LogP contribution < -0.4 is 0 Å². The maximum atomic E-state index is 11.6. The molecule has 0 bridgehead atoms. The number of hydrogen-bond donors (Lipinski definition) is 3. The number of carbonyl (C=O) groups is 3. The number of aliphatic carboxylic acids is 1. The van der Waals surface area contributed by atoms with Crippen LogP contribution in [0.1, 0.15) is 59.4 Å². The van der Waals surface area contributed by atoms with Gasteiger partial charge in [-0.25, -0.2) is 9.59 Å². The van der Waals surface area contributed by atoms with Gasteiger partial charge in [0.1, 0.15) is 0 Å². The molecular formula is C15H22O8S. The van der Waals surface area contributed by atoms with Crippen molar-refractivity contribution >= 4 is 29.2 Å². The number of esters is 2. The van der Waals surface area contributed by atoms with Crippen LogP contribution in [0, 0.1) is 0 Å². The normalized spacial score (nSPS) is 9.62. The van der Waals surface area contributed by atoms with Gasteiger partial charge in [-0.1, -0.05) is 20.8 Å². The Balaban J connectivity index is 0.000000922. The lowest BCUT2D eigenvalue weighted by atomic mass is 10.3. The minimum atomic E-state index is -0.769. The molecule has 136 valence electrons. The highest BCUT2D eigenvalue weighted by molar-refractivity contribution is 7.16. The summed E-state index contributed by atoms with van der Waals surface area (Å²) in [7, 11) is 0. The molecule has 0 radical (unpaired) electrons. The van der Waals surface area contributed by atoms with Crippen molar-refractivity contribution in [3.8, 4) is 11.5 Å². The third-order valence-electron chi connectivity index (χ3n) is 2.41. The van der Waals surface area contributed by atoms with Gasteiger partial charge in [-0.3, -0.25) is 4.79 Å². The Morgan fingerprint density at radius 1 is 0.875 bits per heavy atom. The number of carboxylic acids is 1. The highest BCUT2D eigenvalue weighted by Gasteiger charge is 2.27. The molecule has 0 aliphatic heterocycles. The molecule has 0 aromatic carbocycles. The summed E-state index contributed by atoms with van der Waals surface area (Å²) in [6, 6.07) is 0. The summed E-state index contributed by atoms with van der Waals surface area (Å²) in [5, 5.41) is 27.0. The van der Waals surface area contributed by atoms with E-state index in [1.807, 2.05) is 13.8 Å². The van der Waals surface area contributed by atoms with Gasteiger partial charge in [0.15, 0.2) is 21.3 Å². The van der Waals surface area contributed by atoms with Gasteiger partial charge in [0.25, 0.3) is 0 Å². The van der Waals surface area contributed by atoms with E-state index in [9.17, 15) is 24.6 Å². The molecule has 0 saturated heterocycles. The SMILES string of the molecule is CCC(=O)O.CCCOC(=O)c1sc(C(=O)OCCC)c(O)c1O. The Kier molecular flexibility index (Phi) is 10.2. The fraction of sp³-hybridized carbons (Fsp3) is 0.533. The summed E-state index contributed by atoms with van der Waals surface area (Å²) in [4.78, 5) is 32.2. The smallest absolute Gasteiger partial charge is 0.352 e. The number of hydrogen-bond acceptors (Lipinski definition) is 8. The number of carbonyl (C=O) groups excluding carboxylic acids is 2. The van der Waals surface area contributed by atoms with Crippen molar-refractivity contribution in [2.45, 2.75) is 40.0 Å². The summed E-state index contributed by atoms with van der Waals surface area (Å²) < 4.78 is 9.67. The van der Waals surface area contributed by atoms with Crippen LogP contribution in [0.15, 0.2) is 0 Å². The molecule has 3 N–H and O–H groups in total. The summed E-state index contributed by atoms with van der Waals surface area (Å²) >= 11 is 0.654. The second-order valence-corrected chi connectivity index (χ2v) is 5.50. The van der Waals surface area contributed by atoms with Gasteiger partial charge < -0.3 is 24.8 Å². The Bertz CT molecular complexity index is 524. The summed E-state index contributed by atoms with van der Waals surface area (Å²) in [5.74, 6) is -3.57. The van der Waals surface area contributed by atoms with Gasteiger partial charge in [-0.15, -0.1) is 11.3 Å². The molecule has 0 amide bonds.